The first-order chi connectivity index (χ1) is 12.2. The highest BCUT2D eigenvalue weighted by Crippen LogP contribution is 2.13. The number of likely N-dealkylation sites (N-methyl/N-ethyl adjacent to an activating group) is 1. The molecule has 1 heterocycles. The van der Waals surface area contributed by atoms with Crippen LogP contribution >= 0.6 is 0 Å². The fraction of sp³-hybridized carbons (Fsp3) is 0.579. The molecule has 25 heavy (non-hydrogen) atoms. The molecule has 0 saturated carbocycles. The molecule has 0 unspecified atom stereocenters. The first-order valence-corrected chi connectivity index (χ1v) is 9.30. The van der Waals surface area contributed by atoms with Gasteiger partial charge in [0.1, 0.15) is 0 Å². The molecule has 1 aliphatic heterocycles. The lowest BCUT2D eigenvalue weighted by Gasteiger charge is -2.14. The number of rotatable bonds is 8. The van der Waals surface area contributed by atoms with E-state index < -0.39 is 0 Å². The van der Waals surface area contributed by atoms with E-state index in [0.29, 0.717) is 19.0 Å². The smallest absolute Gasteiger partial charge is 0.239 e. The Morgan fingerprint density at radius 2 is 1.64 bits per heavy atom. The van der Waals surface area contributed by atoms with Crippen LogP contribution in [0.15, 0.2) is 29.3 Å². The average molecular weight is 345 g/mol. The third kappa shape index (κ3) is 7.13. The van der Waals surface area contributed by atoms with E-state index in [1.165, 1.54) is 37.1 Å². The van der Waals surface area contributed by atoms with Crippen LogP contribution in [0.4, 0.5) is 0 Å². The maximum Gasteiger partial charge on any atom is 0.239 e. The molecule has 0 spiro atoms. The van der Waals surface area contributed by atoms with Crippen molar-refractivity contribution in [2.24, 2.45) is 4.99 Å². The lowest BCUT2D eigenvalue weighted by Crippen LogP contribution is -2.43. The molecule has 0 atom stereocenters. The maximum absolute atomic E-state index is 11.5. The van der Waals surface area contributed by atoms with E-state index in [-0.39, 0.29) is 12.5 Å². The molecule has 1 fully saturated rings. The molecule has 6 nitrogen and oxygen atoms in total. The van der Waals surface area contributed by atoms with Crippen LogP contribution in [0.25, 0.3) is 0 Å². The standard InChI is InChI=1S/C19H31N5O/c1-3-20-18(25)14-23-19(21-4-2)22-13-16-7-9-17(10-8-16)15-24-11-5-6-12-24/h7-10H,3-6,11-15H2,1-2H3,(H,20,25)(H2,21,22,23). The molecule has 138 valence electrons. The summed E-state index contributed by atoms with van der Waals surface area (Å²) in [6.07, 6.45) is 2.65. The summed E-state index contributed by atoms with van der Waals surface area (Å²) in [6.45, 7) is 9.61. The van der Waals surface area contributed by atoms with Crippen molar-refractivity contribution in [2.45, 2.75) is 39.8 Å². The van der Waals surface area contributed by atoms with E-state index in [0.717, 1.165) is 13.1 Å². The molecule has 0 radical (unpaired) electrons. The van der Waals surface area contributed by atoms with Gasteiger partial charge in [0.05, 0.1) is 13.1 Å². The van der Waals surface area contributed by atoms with Gasteiger partial charge in [-0.25, -0.2) is 4.99 Å². The molecule has 1 aromatic carbocycles. The molecular formula is C19H31N5O. The van der Waals surface area contributed by atoms with Crippen LogP contribution in [0, 0.1) is 0 Å². The number of nitrogens with one attached hydrogen (secondary N) is 3. The Bertz CT molecular complexity index is 549. The maximum atomic E-state index is 11.5. The quantitative estimate of drug-likeness (QED) is 0.493. The minimum Gasteiger partial charge on any atom is -0.357 e. The summed E-state index contributed by atoms with van der Waals surface area (Å²) in [5, 5.41) is 8.98. The van der Waals surface area contributed by atoms with Gasteiger partial charge in [0.2, 0.25) is 5.91 Å². The number of carbonyl (C=O) groups is 1. The molecule has 3 N–H and O–H groups in total. The predicted molar refractivity (Wildman–Crippen MR) is 102 cm³/mol. The number of guanidine groups is 1. The van der Waals surface area contributed by atoms with E-state index in [1.807, 2.05) is 13.8 Å². The summed E-state index contributed by atoms with van der Waals surface area (Å²) < 4.78 is 0. The van der Waals surface area contributed by atoms with Gasteiger partial charge in [-0.1, -0.05) is 24.3 Å². The van der Waals surface area contributed by atoms with Crippen molar-refractivity contribution in [1.29, 1.82) is 0 Å². The molecule has 0 aliphatic carbocycles. The Hall–Kier alpha value is -2.08. The van der Waals surface area contributed by atoms with Gasteiger partial charge < -0.3 is 16.0 Å². The van der Waals surface area contributed by atoms with Crippen LogP contribution in [0.2, 0.25) is 0 Å². The van der Waals surface area contributed by atoms with E-state index >= 15 is 0 Å². The zero-order valence-corrected chi connectivity index (χ0v) is 15.5. The Kier molecular flexibility index (Phi) is 8.25. The van der Waals surface area contributed by atoms with Crippen molar-refractivity contribution >= 4 is 11.9 Å². The second kappa shape index (κ2) is 10.7. The summed E-state index contributed by atoms with van der Waals surface area (Å²) in [7, 11) is 0. The molecule has 2 rings (SSSR count). The third-order valence-corrected chi connectivity index (χ3v) is 4.18. The number of likely N-dealkylation sites (tertiary alicyclic amines) is 1. The van der Waals surface area contributed by atoms with Crippen molar-refractivity contribution in [3.8, 4) is 0 Å². The van der Waals surface area contributed by atoms with Gasteiger partial charge >= 0.3 is 0 Å². The van der Waals surface area contributed by atoms with Crippen molar-refractivity contribution in [1.82, 2.24) is 20.9 Å². The Morgan fingerprint density at radius 3 is 2.28 bits per heavy atom. The van der Waals surface area contributed by atoms with E-state index in [1.54, 1.807) is 0 Å². The Labute approximate surface area is 151 Å². The highest BCUT2D eigenvalue weighted by Gasteiger charge is 2.11. The summed E-state index contributed by atoms with van der Waals surface area (Å²) >= 11 is 0. The number of hydrogen-bond donors (Lipinski definition) is 3. The Morgan fingerprint density at radius 1 is 1.00 bits per heavy atom. The molecule has 1 saturated heterocycles. The topological polar surface area (TPSA) is 68.8 Å². The van der Waals surface area contributed by atoms with Gasteiger partial charge in [0, 0.05) is 19.6 Å². The van der Waals surface area contributed by atoms with Crippen molar-refractivity contribution in [2.75, 3.05) is 32.7 Å². The minimum absolute atomic E-state index is 0.0284. The first-order valence-electron chi connectivity index (χ1n) is 9.30. The normalized spacial score (nSPS) is 15.2. The van der Waals surface area contributed by atoms with Gasteiger partial charge in [-0.05, 0) is 50.9 Å². The zero-order valence-electron chi connectivity index (χ0n) is 15.5. The largest absolute Gasteiger partial charge is 0.357 e. The molecule has 6 heteroatoms. The van der Waals surface area contributed by atoms with Gasteiger partial charge in [0.25, 0.3) is 0 Å². The fourth-order valence-corrected chi connectivity index (χ4v) is 2.88. The van der Waals surface area contributed by atoms with Gasteiger partial charge in [0.15, 0.2) is 5.96 Å². The zero-order chi connectivity index (χ0) is 17.9. The van der Waals surface area contributed by atoms with Gasteiger partial charge in [-0.3, -0.25) is 9.69 Å². The van der Waals surface area contributed by atoms with Crippen LogP contribution in [0.1, 0.15) is 37.8 Å². The second-order valence-electron chi connectivity index (χ2n) is 6.30. The highest BCUT2D eigenvalue weighted by atomic mass is 16.1. The summed E-state index contributed by atoms with van der Waals surface area (Å²) in [5.41, 5.74) is 2.52. The lowest BCUT2D eigenvalue weighted by atomic mass is 10.1. The summed E-state index contributed by atoms with van der Waals surface area (Å²) in [6, 6.07) is 8.67. The predicted octanol–water partition coefficient (Wildman–Crippen LogP) is 1.47. The van der Waals surface area contributed by atoms with Gasteiger partial charge in [-0.2, -0.15) is 0 Å². The number of aliphatic imine (C=N–C) groups is 1. The summed E-state index contributed by atoms with van der Waals surface area (Å²) in [4.78, 5) is 18.6. The third-order valence-electron chi connectivity index (χ3n) is 4.18. The van der Waals surface area contributed by atoms with E-state index in [9.17, 15) is 4.79 Å². The molecule has 1 amide bonds. The van der Waals surface area contributed by atoms with Crippen LogP contribution < -0.4 is 16.0 Å². The van der Waals surface area contributed by atoms with Crippen molar-refractivity contribution in [3.05, 3.63) is 35.4 Å². The lowest BCUT2D eigenvalue weighted by molar-refractivity contribution is -0.119. The Balaban J connectivity index is 1.84. The number of amides is 1. The van der Waals surface area contributed by atoms with E-state index in [4.69, 9.17) is 0 Å². The first kappa shape index (κ1) is 19.2. The van der Waals surface area contributed by atoms with Gasteiger partial charge in [-0.15, -0.1) is 0 Å². The molecule has 1 aliphatic rings. The monoisotopic (exact) mass is 345 g/mol. The molecule has 0 bridgehead atoms. The molecule has 1 aromatic rings. The number of hydrogen-bond acceptors (Lipinski definition) is 3. The fourth-order valence-electron chi connectivity index (χ4n) is 2.88. The van der Waals surface area contributed by atoms with Crippen LogP contribution in [0.3, 0.4) is 0 Å². The second-order valence-corrected chi connectivity index (χ2v) is 6.30. The minimum atomic E-state index is -0.0284. The average Bonchev–Trinajstić information content (AvgIpc) is 3.12. The van der Waals surface area contributed by atoms with Crippen LogP contribution in [0.5, 0.6) is 0 Å². The van der Waals surface area contributed by atoms with E-state index in [2.05, 4.69) is 50.1 Å². The number of carbonyl (C=O) groups excluding carboxylic acids is 1. The number of benzene rings is 1. The van der Waals surface area contributed by atoms with Crippen LogP contribution in [-0.2, 0) is 17.9 Å². The molecular weight excluding hydrogens is 314 g/mol. The van der Waals surface area contributed by atoms with Crippen molar-refractivity contribution < 1.29 is 4.79 Å². The number of nitrogens with zero attached hydrogens (tertiary/aromatic N) is 2. The molecule has 0 aromatic heterocycles. The highest BCUT2D eigenvalue weighted by molar-refractivity contribution is 5.86. The summed E-state index contributed by atoms with van der Waals surface area (Å²) in [5.74, 6) is 0.634. The van der Waals surface area contributed by atoms with Crippen LogP contribution in [-0.4, -0.2) is 49.5 Å². The SMILES string of the molecule is CCNC(=O)CNC(=NCc1ccc(CN2CCCC2)cc1)NCC. The van der Waals surface area contributed by atoms with Crippen molar-refractivity contribution in [3.63, 3.8) is 0 Å².